The molecule has 2 aliphatic rings. The number of fused-ring (bicyclic) bond motifs is 2. The van der Waals surface area contributed by atoms with Gasteiger partial charge < -0.3 is 19.7 Å². The van der Waals surface area contributed by atoms with Gasteiger partial charge in [0.05, 0.1) is 11.6 Å². The van der Waals surface area contributed by atoms with Gasteiger partial charge >= 0.3 is 0 Å². The van der Waals surface area contributed by atoms with E-state index in [2.05, 4.69) is 46.9 Å². The highest BCUT2D eigenvalue weighted by Gasteiger charge is 2.31. The first-order valence-corrected chi connectivity index (χ1v) is 12.9. The first kappa shape index (κ1) is 24.3. The molecule has 2 aromatic carbocycles. The third kappa shape index (κ3) is 4.34. The van der Waals surface area contributed by atoms with Crippen LogP contribution in [-0.2, 0) is 29.1 Å². The molecule has 1 N–H and O–H groups in total. The van der Waals surface area contributed by atoms with Gasteiger partial charge in [-0.05, 0) is 61.2 Å². The van der Waals surface area contributed by atoms with E-state index in [1.165, 1.54) is 22.8 Å². The highest BCUT2D eigenvalue weighted by atomic mass is 79.9. The Bertz CT molecular complexity index is 1400. The van der Waals surface area contributed by atoms with Crippen molar-refractivity contribution in [2.24, 2.45) is 0 Å². The molecule has 1 fully saturated rings. The van der Waals surface area contributed by atoms with Crippen molar-refractivity contribution in [1.82, 2.24) is 19.7 Å². The van der Waals surface area contributed by atoms with Crippen LogP contribution in [0.1, 0.15) is 32.7 Å². The number of nitrogens with one attached hydrogen (secondary N) is 1. The van der Waals surface area contributed by atoms with Gasteiger partial charge in [-0.2, -0.15) is 0 Å². The Morgan fingerprint density at radius 3 is 2.67 bits per heavy atom. The van der Waals surface area contributed by atoms with Crippen molar-refractivity contribution in [1.29, 1.82) is 0 Å². The van der Waals surface area contributed by atoms with Gasteiger partial charge in [0.25, 0.3) is 5.91 Å². The van der Waals surface area contributed by atoms with Gasteiger partial charge in [-0.3, -0.25) is 14.4 Å². The second kappa shape index (κ2) is 9.58. The van der Waals surface area contributed by atoms with Crippen molar-refractivity contribution in [2.75, 3.05) is 19.6 Å². The molecule has 0 saturated carbocycles. The van der Waals surface area contributed by atoms with E-state index in [1.54, 1.807) is 4.90 Å². The maximum atomic E-state index is 13.9. The van der Waals surface area contributed by atoms with Gasteiger partial charge in [0.1, 0.15) is 6.54 Å². The third-order valence-electron chi connectivity index (χ3n) is 7.32. The lowest BCUT2D eigenvalue weighted by Crippen LogP contribution is -2.61. The first-order chi connectivity index (χ1) is 17.3. The summed E-state index contributed by atoms with van der Waals surface area (Å²) in [5.41, 5.74) is 6.06. The molecule has 3 heterocycles. The summed E-state index contributed by atoms with van der Waals surface area (Å²) in [5.74, 6) is -0.286. The molecule has 5 rings (SSSR count). The van der Waals surface area contributed by atoms with Crippen LogP contribution in [0, 0.1) is 13.8 Å². The lowest BCUT2D eigenvalue weighted by atomic mass is 9.95. The number of likely N-dealkylation sites (tertiary alicyclic amines) is 1. The summed E-state index contributed by atoms with van der Waals surface area (Å²) >= 11 is 3.55. The summed E-state index contributed by atoms with van der Waals surface area (Å²) in [5, 5.41) is 3.84. The molecule has 1 saturated heterocycles. The monoisotopic (exact) mass is 548 g/mol. The Morgan fingerprint density at radius 2 is 1.92 bits per heavy atom. The number of nitrogens with zero attached hydrogens (tertiary/aromatic N) is 3. The van der Waals surface area contributed by atoms with Gasteiger partial charge in [0.2, 0.25) is 11.8 Å². The molecular formula is C28H29BrN4O3. The smallest absolute Gasteiger partial charge is 0.256 e. The minimum Gasteiger partial charge on any atom is -0.348 e. The molecule has 3 amide bonds. The topological polar surface area (TPSA) is 74.6 Å². The molecule has 36 heavy (non-hydrogen) atoms. The molecule has 0 aliphatic carbocycles. The highest BCUT2D eigenvalue weighted by molar-refractivity contribution is 9.10. The van der Waals surface area contributed by atoms with E-state index in [4.69, 9.17) is 0 Å². The van der Waals surface area contributed by atoms with E-state index < -0.39 is 0 Å². The number of carbonyl (C=O) groups is 3. The molecule has 0 spiro atoms. The van der Waals surface area contributed by atoms with Crippen LogP contribution < -0.4 is 5.32 Å². The predicted molar refractivity (Wildman–Crippen MR) is 143 cm³/mol. The summed E-state index contributed by atoms with van der Waals surface area (Å²) in [6.07, 6.45) is 2.12. The van der Waals surface area contributed by atoms with E-state index in [0.29, 0.717) is 31.7 Å². The number of hydrogen-bond acceptors (Lipinski definition) is 3. The Morgan fingerprint density at radius 1 is 1.14 bits per heavy atom. The predicted octanol–water partition coefficient (Wildman–Crippen LogP) is 3.73. The van der Waals surface area contributed by atoms with Crippen LogP contribution in [0.15, 0.2) is 53.5 Å². The summed E-state index contributed by atoms with van der Waals surface area (Å²) in [4.78, 5) is 42.0. The number of rotatable bonds is 5. The second-order valence-corrected chi connectivity index (χ2v) is 10.5. The summed E-state index contributed by atoms with van der Waals surface area (Å²) < 4.78 is 2.80. The molecule has 0 unspecified atom stereocenters. The van der Waals surface area contributed by atoms with Crippen LogP contribution >= 0.6 is 15.9 Å². The SMILES string of the molecule is C=CC(=O)N1CC(NC(=O)Cn2c(C)c(C(=O)N3CCc4c(C)cccc4C3)c3cc(Br)ccc32)C1. The minimum absolute atomic E-state index is 0.0144. The zero-order valence-corrected chi connectivity index (χ0v) is 22.1. The Hall–Kier alpha value is -3.39. The number of benzene rings is 2. The fourth-order valence-electron chi connectivity index (χ4n) is 5.36. The Kier molecular flexibility index (Phi) is 6.47. The number of aromatic nitrogens is 1. The number of amides is 3. The third-order valence-corrected chi connectivity index (χ3v) is 7.81. The van der Waals surface area contributed by atoms with Crippen molar-refractivity contribution in [3.63, 3.8) is 0 Å². The van der Waals surface area contributed by atoms with Crippen LogP contribution in [0.25, 0.3) is 10.9 Å². The minimum atomic E-state index is -0.144. The van der Waals surface area contributed by atoms with Crippen molar-refractivity contribution in [3.8, 4) is 0 Å². The molecule has 0 radical (unpaired) electrons. The molecule has 186 valence electrons. The zero-order valence-electron chi connectivity index (χ0n) is 20.5. The van der Waals surface area contributed by atoms with E-state index in [-0.39, 0.29) is 30.3 Å². The van der Waals surface area contributed by atoms with Crippen LogP contribution in [0.5, 0.6) is 0 Å². The van der Waals surface area contributed by atoms with Gasteiger partial charge in [-0.1, -0.05) is 40.7 Å². The van der Waals surface area contributed by atoms with E-state index in [9.17, 15) is 14.4 Å². The normalized spacial score (nSPS) is 15.4. The van der Waals surface area contributed by atoms with Gasteiger partial charge in [-0.15, -0.1) is 0 Å². The van der Waals surface area contributed by atoms with Gasteiger partial charge in [-0.25, -0.2) is 0 Å². The Labute approximate surface area is 218 Å². The van der Waals surface area contributed by atoms with Crippen LogP contribution in [-0.4, -0.2) is 57.8 Å². The van der Waals surface area contributed by atoms with Crippen molar-refractivity contribution < 1.29 is 14.4 Å². The molecule has 0 bridgehead atoms. The number of carbonyl (C=O) groups excluding carboxylic acids is 3. The van der Waals surface area contributed by atoms with E-state index in [0.717, 1.165) is 27.5 Å². The largest absolute Gasteiger partial charge is 0.348 e. The van der Waals surface area contributed by atoms with Crippen molar-refractivity contribution in [2.45, 2.75) is 39.4 Å². The highest BCUT2D eigenvalue weighted by Crippen LogP contribution is 2.31. The second-order valence-electron chi connectivity index (χ2n) is 9.61. The van der Waals surface area contributed by atoms with Gasteiger partial charge in [0, 0.05) is 47.2 Å². The quantitative estimate of drug-likeness (QED) is 0.493. The summed E-state index contributed by atoms with van der Waals surface area (Å²) in [6.45, 7) is 9.84. The number of aryl methyl sites for hydroxylation is 1. The molecule has 7 nitrogen and oxygen atoms in total. The standard InChI is InChI=1S/C28H29BrN4O3/c1-4-26(35)32-14-21(15-32)30-25(34)16-33-18(3)27(23-12-20(29)8-9-24(23)33)28(36)31-11-10-22-17(2)6-5-7-19(22)13-31/h4-9,12,21H,1,10-11,13-16H2,2-3H3,(H,30,34). The molecule has 2 aliphatic heterocycles. The van der Waals surface area contributed by atoms with Crippen molar-refractivity contribution >= 4 is 44.6 Å². The molecule has 3 aromatic rings. The lowest BCUT2D eigenvalue weighted by molar-refractivity contribution is -0.133. The first-order valence-electron chi connectivity index (χ1n) is 12.1. The van der Waals surface area contributed by atoms with Gasteiger partial charge in [0.15, 0.2) is 0 Å². The van der Waals surface area contributed by atoms with E-state index >= 15 is 0 Å². The molecule has 8 heteroatoms. The number of hydrogen-bond donors (Lipinski definition) is 1. The van der Waals surface area contributed by atoms with E-state index in [1.807, 2.05) is 40.7 Å². The summed E-state index contributed by atoms with van der Waals surface area (Å²) in [7, 11) is 0. The molecule has 0 atom stereocenters. The van der Waals surface area contributed by atoms with Crippen LogP contribution in [0.2, 0.25) is 0 Å². The Balaban J connectivity index is 1.39. The van der Waals surface area contributed by atoms with Crippen LogP contribution in [0.3, 0.4) is 0 Å². The summed E-state index contributed by atoms with van der Waals surface area (Å²) in [6, 6.07) is 12.0. The fraction of sp³-hybridized carbons (Fsp3) is 0.321. The molecule has 1 aromatic heterocycles. The number of halogens is 1. The average molecular weight is 549 g/mol. The fourth-order valence-corrected chi connectivity index (χ4v) is 5.72. The van der Waals surface area contributed by atoms with Crippen molar-refractivity contribution in [3.05, 3.63) is 81.5 Å². The average Bonchev–Trinajstić information content (AvgIpc) is 3.10. The maximum absolute atomic E-state index is 13.9. The zero-order chi connectivity index (χ0) is 25.6. The lowest BCUT2D eigenvalue weighted by Gasteiger charge is -2.38. The van der Waals surface area contributed by atoms with Crippen LogP contribution in [0.4, 0.5) is 0 Å². The molecular weight excluding hydrogens is 520 g/mol. The maximum Gasteiger partial charge on any atom is 0.256 e.